The zero-order valence-electron chi connectivity index (χ0n) is 28.8. The zero-order chi connectivity index (χ0) is 33.1. The SMILES string of the molecule is CC(c1ccccc1)c1ccc2c(c1)oc1c(-c3ccccn3)[c-]ccc12.Cc1c[c-]c(-c2cc(C(C)C)c([Si](C)(C)C)cn2)cc1.[Ir]. The summed E-state index contributed by atoms with van der Waals surface area (Å²) < 4.78 is 6.29. The van der Waals surface area contributed by atoms with E-state index in [1.807, 2.05) is 36.4 Å². The van der Waals surface area contributed by atoms with Crippen molar-refractivity contribution in [2.24, 2.45) is 0 Å². The summed E-state index contributed by atoms with van der Waals surface area (Å²) in [5.74, 6) is 0.842. The minimum Gasteiger partial charge on any atom is -0.501 e. The van der Waals surface area contributed by atoms with Crippen LogP contribution in [0.1, 0.15) is 54.9 Å². The van der Waals surface area contributed by atoms with Crippen molar-refractivity contribution >= 4 is 35.2 Å². The molecule has 1 unspecified atom stereocenters. The van der Waals surface area contributed by atoms with Crippen molar-refractivity contribution in [1.82, 2.24) is 9.97 Å². The summed E-state index contributed by atoms with van der Waals surface area (Å²) in [5, 5.41) is 3.70. The molecule has 3 aromatic heterocycles. The van der Waals surface area contributed by atoms with E-state index in [1.54, 1.807) is 6.20 Å². The second kappa shape index (κ2) is 14.9. The molecule has 7 rings (SSSR count). The van der Waals surface area contributed by atoms with E-state index in [0.717, 1.165) is 44.5 Å². The molecule has 3 heterocycles. The van der Waals surface area contributed by atoms with Crippen LogP contribution in [0, 0.1) is 19.1 Å². The van der Waals surface area contributed by atoms with E-state index in [-0.39, 0.29) is 20.1 Å². The van der Waals surface area contributed by atoms with E-state index in [4.69, 9.17) is 9.40 Å². The molecule has 0 bridgehead atoms. The van der Waals surface area contributed by atoms with E-state index in [1.165, 1.54) is 27.4 Å². The van der Waals surface area contributed by atoms with Gasteiger partial charge in [-0.15, -0.1) is 53.6 Å². The summed E-state index contributed by atoms with van der Waals surface area (Å²) in [6.07, 6.45) is 3.90. The van der Waals surface area contributed by atoms with Crippen molar-refractivity contribution in [3.8, 4) is 22.5 Å². The predicted molar refractivity (Wildman–Crippen MR) is 200 cm³/mol. The number of furan rings is 1. The van der Waals surface area contributed by atoms with E-state index in [0.29, 0.717) is 11.8 Å². The van der Waals surface area contributed by atoms with Crippen molar-refractivity contribution in [2.75, 3.05) is 0 Å². The number of hydrogen-bond donors (Lipinski definition) is 0. The molecule has 48 heavy (non-hydrogen) atoms. The number of aryl methyl sites for hydroxylation is 1. The van der Waals surface area contributed by atoms with Crippen molar-refractivity contribution in [3.05, 3.63) is 150 Å². The van der Waals surface area contributed by atoms with Gasteiger partial charge in [-0.25, -0.2) is 0 Å². The van der Waals surface area contributed by atoms with Crippen LogP contribution in [0.3, 0.4) is 0 Å². The summed E-state index contributed by atoms with van der Waals surface area (Å²) >= 11 is 0. The van der Waals surface area contributed by atoms with Gasteiger partial charge in [0.05, 0.1) is 13.7 Å². The molecule has 7 aromatic rings. The third kappa shape index (κ3) is 7.60. The maximum Gasteiger partial charge on any atom is 0.121 e. The van der Waals surface area contributed by atoms with Gasteiger partial charge in [0, 0.05) is 43.8 Å². The second-order valence-corrected chi connectivity index (χ2v) is 18.7. The number of fused-ring (bicyclic) bond motifs is 3. The summed E-state index contributed by atoms with van der Waals surface area (Å²) in [6.45, 7) is 16.0. The van der Waals surface area contributed by atoms with Crippen molar-refractivity contribution in [2.45, 2.75) is 59.2 Å². The fraction of sp³-hybridized carbons (Fsp3) is 0.209. The molecule has 0 amide bonds. The van der Waals surface area contributed by atoms with Crippen LogP contribution in [0.2, 0.25) is 19.6 Å². The van der Waals surface area contributed by atoms with Crippen LogP contribution in [-0.2, 0) is 20.1 Å². The number of benzene rings is 4. The van der Waals surface area contributed by atoms with Crippen LogP contribution in [-0.4, -0.2) is 18.0 Å². The first-order valence-corrected chi connectivity index (χ1v) is 19.9. The maximum atomic E-state index is 6.29. The molecule has 0 fully saturated rings. The van der Waals surface area contributed by atoms with Gasteiger partial charge in [-0.3, -0.25) is 0 Å². The summed E-state index contributed by atoms with van der Waals surface area (Å²) in [4.78, 5) is 9.16. The van der Waals surface area contributed by atoms with Crippen LogP contribution in [0.15, 0.2) is 120 Å². The van der Waals surface area contributed by atoms with Gasteiger partial charge >= 0.3 is 0 Å². The molecule has 0 saturated heterocycles. The van der Waals surface area contributed by atoms with Crippen LogP contribution >= 0.6 is 0 Å². The molecule has 0 aliphatic carbocycles. The Hall–Kier alpha value is -4.15. The van der Waals surface area contributed by atoms with Crippen LogP contribution in [0.5, 0.6) is 0 Å². The normalized spacial score (nSPS) is 12.0. The number of hydrogen-bond acceptors (Lipinski definition) is 3. The van der Waals surface area contributed by atoms with Crippen LogP contribution in [0.25, 0.3) is 44.5 Å². The predicted octanol–water partition coefficient (Wildman–Crippen LogP) is 11.1. The fourth-order valence-corrected chi connectivity index (χ4v) is 7.73. The Morgan fingerprint density at radius 1 is 0.729 bits per heavy atom. The van der Waals surface area contributed by atoms with Gasteiger partial charge in [-0.05, 0) is 45.8 Å². The van der Waals surface area contributed by atoms with Crippen molar-refractivity contribution in [1.29, 1.82) is 0 Å². The fourth-order valence-electron chi connectivity index (χ4n) is 6.05. The molecule has 3 nitrogen and oxygen atoms in total. The number of nitrogens with zero attached hydrogens (tertiary/aromatic N) is 2. The quantitative estimate of drug-likeness (QED) is 0.124. The number of aromatic nitrogens is 2. The van der Waals surface area contributed by atoms with E-state index < -0.39 is 8.07 Å². The first kappa shape index (κ1) is 35.2. The Bertz CT molecular complexity index is 2120. The molecule has 5 heteroatoms. The Morgan fingerprint density at radius 2 is 1.50 bits per heavy atom. The van der Waals surface area contributed by atoms with E-state index in [9.17, 15) is 0 Å². The summed E-state index contributed by atoms with van der Waals surface area (Å²) in [7, 11) is -1.35. The third-order valence-electron chi connectivity index (χ3n) is 8.79. The van der Waals surface area contributed by atoms with Gasteiger partial charge < -0.3 is 14.4 Å². The maximum absolute atomic E-state index is 6.29. The minimum absolute atomic E-state index is 0. The van der Waals surface area contributed by atoms with Crippen LogP contribution in [0.4, 0.5) is 0 Å². The second-order valence-electron chi connectivity index (χ2n) is 13.6. The van der Waals surface area contributed by atoms with Gasteiger partial charge in [0.2, 0.25) is 0 Å². The van der Waals surface area contributed by atoms with Gasteiger partial charge in [0.15, 0.2) is 0 Å². The Balaban J connectivity index is 0.000000193. The van der Waals surface area contributed by atoms with Gasteiger partial charge in [0.1, 0.15) is 5.58 Å². The zero-order valence-corrected chi connectivity index (χ0v) is 32.2. The topological polar surface area (TPSA) is 38.9 Å². The largest absolute Gasteiger partial charge is 0.501 e. The van der Waals surface area contributed by atoms with Crippen molar-refractivity contribution < 1.29 is 24.5 Å². The van der Waals surface area contributed by atoms with Crippen molar-refractivity contribution in [3.63, 3.8) is 0 Å². The molecule has 0 spiro atoms. The molecule has 0 saturated carbocycles. The molecular formula is C43H42IrN2OSi-2. The molecule has 1 radical (unpaired) electrons. The first-order chi connectivity index (χ1) is 22.6. The molecule has 245 valence electrons. The Kier molecular flexibility index (Phi) is 10.9. The Labute approximate surface area is 299 Å². The number of pyridine rings is 2. The molecule has 0 aliphatic rings. The molecule has 1 atom stereocenters. The first-order valence-electron chi connectivity index (χ1n) is 16.4. The summed E-state index contributed by atoms with van der Waals surface area (Å²) in [6, 6.07) is 42.1. The third-order valence-corrected chi connectivity index (χ3v) is 10.8. The monoisotopic (exact) mass is 823 g/mol. The molecule has 0 aliphatic heterocycles. The van der Waals surface area contributed by atoms with Gasteiger partial charge in [-0.2, -0.15) is 0 Å². The molecular weight excluding hydrogens is 781 g/mol. The summed E-state index contributed by atoms with van der Waals surface area (Å²) in [5.41, 5.74) is 10.9. The van der Waals surface area contributed by atoms with Gasteiger partial charge in [0.25, 0.3) is 0 Å². The van der Waals surface area contributed by atoms with Gasteiger partial charge in [-0.1, -0.05) is 125 Å². The molecule has 4 aromatic carbocycles. The average molecular weight is 823 g/mol. The molecule has 0 N–H and O–H groups in total. The standard InChI is InChI=1S/C25H18NO.C18H24NSi.Ir/c1-17(18-8-3-2-4-9-18)19-13-14-20-21-10-7-11-22(23-12-5-6-15-26-23)25(21)27-24(20)16-19;1-13(2)16-11-17(15-9-7-14(3)8-10-15)19-12-18(16)20(4,5)6;/h2-10,12-17H,1H3;7-9,11-13H,1-6H3;/q2*-1;. The van der Waals surface area contributed by atoms with E-state index >= 15 is 0 Å². The average Bonchev–Trinajstić information content (AvgIpc) is 3.47. The van der Waals surface area contributed by atoms with E-state index in [2.05, 4.69) is 137 Å². The number of rotatable bonds is 6. The Morgan fingerprint density at radius 3 is 2.17 bits per heavy atom. The minimum atomic E-state index is -1.35. The smallest absolute Gasteiger partial charge is 0.121 e. The van der Waals surface area contributed by atoms with Crippen LogP contribution < -0.4 is 5.19 Å².